The van der Waals surface area contributed by atoms with Crippen LogP contribution in [0.15, 0.2) is 34.9 Å². The summed E-state index contributed by atoms with van der Waals surface area (Å²) in [5.74, 6) is 1.13. The Labute approximate surface area is 127 Å². The van der Waals surface area contributed by atoms with Gasteiger partial charge in [-0.05, 0) is 31.2 Å². The molecule has 2 aromatic rings. The molecule has 0 spiro atoms. The fourth-order valence-corrected chi connectivity index (χ4v) is 1.62. The number of benzene rings is 1. The van der Waals surface area contributed by atoms with Gasteiger partial charge >= 0.3 is 7.25 Å². The maximum absolute atomic E-state index is 9.75. The lowest BCUT2D eigenvalue weighted by atomic mass is 10.2. The van der Waals surface area contributed by atoms with Crippen molar-refractivity contribution in [3.05, 3.63) is 34.9 Å². The fourth-order valence-electron chi connectivity index (χ4n) is 1.36. The molecule has 10 heteroatoms. The summed E-state index contributed by atoms with van der Waals surface area (Å²) in [6, 6.07) is 7.83. The first-order chi connectivity index (χ1) is 9.69. The van der Waals surface area contributed by atoms with E-state index in [0.29, 0.717) is 11.6 Å². The van der Waals surface area contributed by atoms with Gasteiger partial charge < -0.3 is 23.0 Å². The summed E-state index contributed by atoms with van der Waals surface area (Å²) < 4.78 is 41.8. The van der Waals surface area contributed by atoms with Crippen molar-refractivity contribution >= 4 is 29.0 Å². The van der Waals surface area contributed by atoms with Crippen LogP contribution in [-0.4, -0.2) is 17.3 Å². The average Bonchev–Trinajstić information content (AvgIpc) is 2.37. The molecule has 0 aliphatic carbocycles. The van der Waals surface area contributed by atoms with Gasteiger partial charge in [0.2, 0.25) is 12.0 Å². The van der Waals surface area contributed by atoms with Crippen LogP contribution in [0.1, 0.15) is 6.92 Å². The van der Waals surface area contributed by atoms with E-state index < -0.39 is 7.25 Å². The van der Waals surface area contributed by atoms with Crippen molar-refractivity contribution in [3.8, 4) is 11.4 Å². The van der Waals surface area contributed by atoms with Crippen molar-refractivity contribution in [2.24, 2.45) is 0 Å². The highest BCUT2D eigenvalue weighted by Gasteiger charge is 2.20. The monoisotopic (exact) mass is 366 g/mol. The molecule has 0 aliphatic heterocycles. The molecular weight excluding hydrogens is 355 g/mol. The van der Waals surface area contributed by atoms with Gasteiger partial charge in [-0.1, -0.05) is 20.6 Å². The second-order valence-electron chi connectivity index (χ2n) is 3.85. The van der Waals surface area contributed by atoms with Gasteiger partial charge in [0.05, 0.1) is 0 Å². The van der Waals surface area contributed by atoms with Crippen LogP contribution < -0.4 is 10.4 Å². The molecule has 0 radical (unpaired) electrons. The molecule has 21 heavy (non-hydrogen) atoms. The first kappa shape index (κ1) is 17.3. The third kappa shape index (κ3) is 7.03. The van der Waals surface area contributed by atoms with Crippen molar-refractivity contribution in [3.63, 3.8) is 0 Å². The van der Waals surface area contributed by atoms with E-state index in [-0.39, 0.29) is 0 Å². The van der Waals surface area contributed by atoms with Crippen LogP contribution in [0.3, 0.4) is 0 Å². The SMILES string of the molecule is CC[n+]1cc(N)nc(-c2ccc(Br)cc2)n1.F[B-](F)(F)F. The molecule has 0 unspecified atom stereocenters. The third-order valence-electron chi connectivity index (χ3n) is 2.17. The molecule has 1 aromatic carbocycles. The van der Waals surface area contributed by atoms with Gasteiger partial charge in [-0.25, -0.2) is 0 Å². The molecule has 1 aromatic heterocycles. The minimum Gasteiger partial charge on any atom is -0.418 e. The number of rotatable bonds is 2. The van der Waals surface area contributed by atoms with Crippen LogP contribution in [-0.2, 0) is 6.54 Å². The maximum atomic E-state index is 9.75. The third-order valence-corrected chi connectivity index (χ3v) is 2.69. The Hall–Kier alpha value is -1.71. The topological polar surface area (TPSA) is 55.7 Å². The minimum absolute atomic E-state index is 0.481. The summed E-state index contributed by atoms with van der Waals surface area (Å²) in [5, 5.41) is 4.36. The molecule has 0 aliphatic rings. The summed E-state index contributed by atoms with van der Waals surface area (Å²) in [7, 11) is -6.00. The number of anilines is 1. The lowest BCUT2D eigenvalue weighted by Crippen LogP contribution is -2.37. The predicted molar refractivity (Wildman–Crippen MR) is 75.6 cm³/mol. The van der Waals surface area contributed by atoms with Gasteiger partial charge in [0.15, 0.2) is 12.4 Å². The van der Waals surface area contributed by atoms with E-state index in [9.17, 15) is 17.3 Å². The van der Waals surface area contributed by atoms with Crippen LogP contribution in [0, 0.1) is 0 Å². The Morgan fingerprint density at radius 2 is 1.71 bits per heavy atom. The molecular formula is C11H12BBrF4N4. The lowest BCUT2D eigenvalue weighted by molar-refractivity contribution is -0.749. The number of nitrogens with zero attached hydrogens (tertiary/aromatic N) is 3. The molecule has 0 fully saturated rings. The summed E-state index contributed by atoms with van der Waals surface area (Å²) in [5.41, 5.74) is 6.68. The quantitative estimate of drug-likeness (QED) is 0.504. The zero-order valence-electron chi connectivity index (χ0n) is 11.0. The van der Waals surface area contributed by atoms with Crippen LogP contribution in [0.25, 0.3) is 11.4 Å². The van der Waals surface area contributed by atoms with Crippen LogP contribution in [0.2, 0.25) is 0 Å². The number of aryl methyl sites for hydroxylation is 1. The predicted octanol–water partition coefficient (Wildman–Crippen LogP) is 3.10. The van der Waals surface area contributed by atoms with Crippen molar-refractivity contribution in [2.45, 2.75) is 13.5 Å². The van der Waals surface area contributed by atoms with Crippen molar-refractivity contribution in [1.29, 1.82) is 0 Å². The molecule has 0 saturated carbocycles. The second-order valence-corrected chi connectivity index (χ2v) is 4.76. The largest absolute Gasteiger partial charge is 0.673 e. The molecule has 0 saturated heterocycles. The molecule has 1 heterocycles. The van der Waals surface area contributed by atoms with Gasteiger partial charge in [0.25, 0.3) is 0 Å². The number of hydrogen-bond acceptors (Lipinski definition) is 3. The number of nitrogens with two attached hydrogens (primary N) is 1. The van der Waals surface area contributed by atoms with Crippen molar-refractivity contribution < 1.29 is 21.9 Å². The highest BCUT2D eigenvalue weighted by molar-refractivity contribution is 9.10. The van der Waals surface area contributed by atoms with E-state index in [2.05, 4.69) is 26.0 Å². The molecule has 4 nitrogen and oxygen atoms in total. The Morgan fingerprint density at radius 1 is 1.19 bits per heavy atom. The molecule has 0 atom stereocenters. The van der Waals surface area contributed by atoms with E-state index >= 15 is 0 Å². The van der Waals surface area contributed by atoms with Gasteiger partial charge in [-0.3, -0.25) is 0 Å². The molecule has 114 valence electrons. The number of aromatic nitrogens is 3. The normalized spacial score (nSPS) is 10.8. The molecule has 2 rings (SSSR count). The van der Waals surface area contributed by atoms with Gasteiger partial charge in [0.1, 0.15) is 0 Å². The van der Waals surface area contributed by atoms with E-state index in [4.69, 9.17) is 5.73 Å². The van der Waals surface area contributed by atoms with Crippen LogP contribution in [0.4, 0.5) is 23.1 Å². The molecule has 2 N–H and O–H groups in total. The van der Waals surface area contributed by atoms with Crippen molar-refractivity contribution in [2.75, 3.05) is 5.73 Å². The first-order valence-corrected chi connectivity index (χ1v) is 6.66. The van der Waals surface area contributed by atoms with E-state index in [1.54, 1.807) is 10.9 Å². The summed E-state index contributed by atoms with van der Waals surface area (Å²) in [6.07, 6.45) is 1.72. The van der Waals surface area contributed by atoms with Gasteiger partial charge in [0, 0.05) is 15.1 Å². The fraction of sp³-hybridized carbons (Fsp3) is 0.182. The Kier molecular flexibility index (Phi) is 6.07. The van der Waals surface area contributed by atoms with Crippen LogP contribution in [0.5, 0.6) is 0 Å². The van der Waals surface area contributed by atoms with E-state index in [1.807, 2.05) is 31.2 Å². The summed E-state index contributed by atoms with van der Waals surface area (Å²) >= 11 is 3.39. The first-order valence-electron chi connectivity index (χ1n) is 5.86. The minimum atomic E-state index is -6.00. The van der Waals surface area contributed by atoms with E-state index in [0.717, 1.165) is 16.6 Å². The van der Waals surface area contributed by atoms with E-state index in [1.165, 1.54) is 0 Å². The average molecular weight is 367 g/mol. The Bertz CT molecular complexity index is 586. The zero-order valence-corrected chi connectivity index (χ0v) is 12.6. The number of halogens is 5. The summed E-state index contributed by atoms with van der Waals surface area (Å²) in [4.78, 5) is 4.21. The lowest BCUT2D eigenvalue weighted by Gasteiger charge is -1.99. The van der Waals surface area contributed by atoms with Crippen molar-refractivity contribution in [1.82, 2.24) is 10.1 Å². The number of hydrogen-bond donors (Lipinski definition) is 1. The van der Waals surface area contributed by atoms with Gasteiger partial charge in [-0.2, -0.15) is 4.98 Å². The summed E-state index contributed by atoms with van der Waals surface area (Å²) in [6.45, 7) is 2.79. The second kappa shape index (κ2) is 7.35. The smallest absolute Gasteiger partial charge is 0.418 e. The zero-order chi connectivity index (χ0) is 16.0. The molecule has 0 bridgehead atoms. The molecule has 0 amide bonds. The van der Waals surface area contributed by atoms with Gasteiger partial charge in [-0.15, -0.1) is 0 Å². The highest BCUT2D eigenvalue weighted by Crippen LogP contribution is 2.17. The Morgan fingerprint density at radius 3 is 2.19 bits per heavy atom. The Balaban J connectivity index is 0.000000383. The standard InChI is InChI=1S/C11H12BrN4.BF4/c1-2-16-7-10(13)14-11(15-16)8-3-5-9(12)6-4-8;2-1(3,4)5/h3-7H,2H2,1H3,(H2,13,14,15);/q+1;-1. The number of nitrogen functional groups attached to an aromatic ring is 1. The maximum Gasteiger partial charge on any atom is 0.673 e. The highest BCUT2D eigenvalue weighted by atomic mass is 79.9. The van der Waals surface area contributed by atoms with Crippen LogP contribution >= 0.6 is 15.9 Å².